The number of nitrogens with zero attached hydrogens (tertiary/aromatic N) is 1. The number of benzene rings is 1. The molecule has 1 aromatic heterocycles. The Hall–Kier alpha value is -2.11. The van der Waals surface area contributed by atoms with Gasteiger partial charge < -0.3 is 9.90 Å². The summed E-state index contributed by atoms with van der Waals surface area (Å²) >= 11 is 0. The molecule has 3 nitrogen and oxygen atoms in total. The fraction of sp³-hybridized carbons (Fsp3) is 0.167. The molecule has 1 aromatic carbocycles. The van der Waals surface area contributed by atoms with E-state index in [4.69, 9.17) is 9.90 Å². The van der Waals surface area contributed by atoms with Gasteiger partial charge in [0.2, 0.25) is 0 Å². The zero-order valence-electron chi connectivity index (χ0n) is 9.44. The first kappa shape index (κ1) is 14.0. The molecule has 0 spiro atoms. The molecule has 96 valence electrons. The first-order valence-corrected chi connectivity index (χ1v) is 4.93. The molecule has 0 aliphatic heterocycles. The number of pyridine rings is 1. The highest BCUT2D eigenvalue weighted by Crippen LogP contribution is 2.11. The summed E-state index contributed by atoms with van der Waals surface area (Å²) < 4.78 is 33.6. The summed E-state index contributed by atoms with van der Waals surface area (Å²) in [5.41, 5.74) is 0. The Bertz CT molecular complexity index is 552. The standard InChI is InChI=1S/C10H10N.C2HF3O2/c1-11-7-6-9-4-2-3-5-10(9)8-11;3-2(4,5)1(6)7/h2-8H,1H3;(H,6,7)/q+1;/p-1. The molecule has 6 heteroatoms. The number of carbonyl (C=O) groups excluding carboxylic acids is 1. The number of aryl methyl sites for hydroxylation is 1. The summed E-state index contributed by atoms with van der Waals surface area (Å²) in [5, 5.41) is 11.4. The molecule has 0 saturated carbocycles. The van der Waals surface area contributed by atoms with E-state index in [1.54, 1.807) is 0 Å². The Balaban J connectivity index is 0.000000203. The van der Waals surface area contributed by atoms with Gasteiger partial charge in [-0.25, -0.2) is 4.57 Å². The Morgan fingerprint density at radius 1 is 1.17 bits per heavy atom. The molecule has 2 rings (SSSR count). The van der Waals surface area contributed by atoms with Crippen LogP contribution < -0.4 is 9.67 Å². The molecule has 0 bridgehead atoms. The number of hydrogen-bond donors (Lipinski definition) is 0. The zero-order valence-corrected chi connectivity index (χ0v) is 9.44. The van der Waals surface area contributed by atoms with Gasteiger partial charge in [-0.2, -0.15) is 13.2 Å². The van der Waals surface area contributed by atoms with Crippen LogP contribution in [-0.2, 0) is 11.8 Å². The van der Waals surface area contributed by atoms with Gasteiger partial charge in [0, 0.05) is 11.5 Å². The van der Waals surface area contributed by atoms with Gasteiger partial charge in [0.25, 0.3) is 0 Å². The number of fused-ring (bicyclic) bond motifs is 1. The fourth-order valence-corrected chi connectivity index (χ4v) is 1.24. The van der Waals surface area contributed by atoms with Gasteiger partial charge in [0.1, 0.15) is 13.0 Å². The summed E-state index contributed by atoms with van der Waals surface area (Å²) in [7, 11) is 2.03. The lowest BCUT2D eigenvalue weighted by atomic mass is 10.2. The zero-order chi connectivity index (χ0) is 13.8. The third kappa shape index (κ3) is 4.04. The Morgan fingerprint density at radius 3 is 2.17 bits per heavy atom. The molecule has 1 heterocycles. The maximum absolute atomic E-state index is 10.5. The van der Waals surface area contributed by atoms with E-state index in [0.29, 0.717) is 0 Å². The molecule has 0 unspecified atom stereocenters. The van der Waals surface area contributed by atoms with Gasteiger partial charge in [0.15, 0.2) is 12.4 Å². The van der Waals surface area contributed by atoms with E-state index in [0.717, 1.165) is 0 Å². The third-order valence-electron chi connectivity index (χ3n) is 2.06. The van der Waals surface area contributed by atoms with Crippen LogP contribution in [0, 0.1) is 0 Å². The van der Waals surface area contributed by atoms with Crippen LogP contribution >= 0.6 is 0 Å². The van der Waals surface area contributed by atoms with Gasteiger partial charge in [-0.15, -0.1) is 0 Å². The minimum atomic E-state index is -5.19. The molecular formula is C12H10F3NO2. The lowest BCUT2D eigenvalue weighted by Crippen LogP contribution is -2.37. The molecule has 0 aliphatic carbocycles. The minimum absolute atomic E-state index is 1.29. The molecule has 0 atom stereocenters. The van der Waals surface area contributed by atoms with E-state index < -0.39 is 12.1 Å². The van der Waals surface area contributed by atoms with E-state index in [1.807, 2.05) is 7.05 Å². The molecule has 0 amide bonds. The van der Waals surface area contributed by atoms with Crippen LogP contribution in [0.2, 0.25) is 0 Å². The number of carbonyl (C=O) groups is 1. The number of rotatable bonds is 0. The quantitative estimate of drug-likeness (QED) is 0.660. The molecular weight excluding hydrogens is 247 g/mol. The number of alkyl halides is 3. The van der Waals surface area contributed by atoms with Gasteiger partial charge in [-0.05, 0) is 11.5 Å². The highest BCUT2D eigenvalue weighted by Gasteiger charge is 2.28. The molecule has 0 fully saturated rings. The van der Waals surface area contributed by atoms with Crippen molar-refractivity contribution in [3.05, 3.63) is 42.7 Å². The van der Waals surface area contributed by atoms with Crippen molar-refractivity contribution in [3.8, 4) is 0 Å². The normalized spacial score (nSPS) is 10.7. The van der Waals surface area contributed by atoms with Crippen LogP contribution in [0.3, 0.4) is 0 Å². The Labute approximate surface area is 101 Å². The smallest absolute Gasteiger partial charge is 0.430 e. The maximum Gasteiger partial charge on any atom is 0.430 e. The average molecular weight is 257 g/mol. The Morgan fingerprint density at radius 2 is 1.67 bits per heavy atom. The number of halogens is 3. The molecule has 18 heavy (non-hydrogen) atoms. The number of carboxylic acids is 1. The van der Waals surface area contributed by atoms with Crippen LogP contribution in [0.5, 0.6) is 0 Å². The second kappa shape index (κ2) is 5.48. The number of carboxylic acid groups (broad SMARTS) is 1. The van der Waals surface area contributed by atoms with E-state index >= 15 is 0 Å². The molecule has 2 aromatic rings. The molecule has 0 saturated heterocycles. The predicted molar refractivity (Wildman–Crippen MR) is 56.2 cm³/mol. The van der Waals surface area contributed by atoms with Crippen molar-refractivity contribution >= 4 is 16.7 Å². The highest BCUT2D eigenvalue weighted by atomic mass is 19.4. The van der Waals surface area contributed by atoms with E-state index in [1.165, 1.54) is 10.8 Å². The van der Waals surface area contributed by atoms with Crippen LogP contribution in [-0.4, -0.2) is 12.1 Å². The second-order valence-electron chi connectivity index (χ2n) is 3.52. The summed E-state index contributed by atoms with van der Waals surface area (Å²) in [6.45, 7) is 0. The fourth-order valence-electron chi connectivity index (χ4n) is 1.24. The molecule has 0 N–H and O–H groups in total. The van der Waals surface area contributed by atoms with Crippen LogP contribution in [0.4, 0.5) is 13.2 Å². The third-order valence-corrected chi connectivity index (χ3v) is 2.06. The summed E-state index contributed by atoms with van der Waals surface area (Å²) in [5.74, 6) is -3.01. The lowest BCUT2D eigenvalue weighted by Gasteiger charge is -2.03. The van der Waals surface area contributed by atoms with Crippen LogP contribution in [0.25, 0.3) is 10.8 Å². The monoisotopic (exact) mass is 257 g/mol. The van der Waals surface area contributed by atoms with E-state index in [-0.39, 0.29) is 0 Å². The van der Waals surface area contributed by atoms with E-state index in [9.17, 15) is 13.2 Å². The van der Waals surface area contributed by atoms with Crippen molar-refractivity contribution in [1.29, 1.82) is 0 Å². The van der Waals surface area contributed by atoms with Crippen LogP contribution in [0.1, 0.15) is 0 Å². The summed E-state index contributed by atoms with van der Waals surface area (Å²) in [4.78, 5) is 8.78. The van der Waals surface area contributed by atoms with Gasteiger partial charge in [0.05, 0.1) is 0 Å². The summed E-state index contributed by atoms with van der Waals surface area (Å²) in [6.07, 6.45) is -1.02. The van der Waals surface area contributed by atoms with Crippen molar-refractivity contribution in [3.63, 3.8) is 0 Å². The lowest BCUT2D eigenvalue weighted by molar-refractivity contribution is -0.670. The SMILES string of the molecule is C[n+]1ccc2ccccc2c1.O=C([O-])C(F)(F)F. The number of aliphatic carboxylic acids is 1. The van der Waals surface area contributed by atoms with Crippen molar-refractivity contribution in [2.75, 3.05) is 0 Å². The first-order valence-electron chi connectivity index (χ1n) is 4.93. The topological polar surface area (TPSA) is 44.0 Å². The van der Waals surface area contributed by atoms with E-state index in [2.05, 4.69) is 47.3 Å². The Kier molecular flexibility index (Phi) is 4.25. The molecule has 0 aliphatic rings. The highest BCUT2D eigenvalue weighted by molar-refractivity contribution is 5.80. The summed E-state index contributed by atoms with van der Waals surface area (Å²) in [6, 6.07) is 10.5. The van der Waals surface area contributed by atoms with Crippen molar-refractivity contribution in [2.45, 2.75) is 6.18 Å². The second-order valence-corrected chi connectivity index (χ2v) is 3.52. The maximum atomic E-state index is 10.5. The first-order chi connectivity index (χ1) is 8.30. The van der Waals surface area contributed by atoms with Crippen molar-refractivity contribution in [1.82, 2.24) is 0 Å². The largest absolute Gasteiger partial charge is 0.542 e. The molecule has 0 radical (unpaired) electrons. The van der Waals surface area contributed by atoms with Gasteiger partial charge in [-0.3, -0.25) is 0 Å². The van der Waals surface area contributed by atoms with Gasteiger partial charge in [-0.1, -0.05) is 18.2 Å². The van der Waals surface area contributed by atoms with Crippen molar-refractivity contribution in [2.24, 2.45) is 7.05 Å². The average Bonchev–Trinajstić information content (AvgIpc) is 2.28. The predicted octanol–water partition coefficient (Wildman–Crippen LogP) is 0.963. The number of aromatic nitrogens is 1. The van der Waals surface area contributed by atoms with Gasteiger partial charge >= 0.3 is 6.18 Å². The number of hydrogen-bond acceptors (Lipinski definition) is 2. The van der Waals surface area contributed by atoms with Crippen LogP contribution in [0.15, 0.2) is 42.7 Å². The van der Waals surface area contributed by atoms with Crippen molar-refractivity contribution < 1.29 is 27.6 Å². The minimum Gasteiger partial charge on any atom is -0.542 e.